The van der Waals surface area contributed by atoms with E-state index in [0.29, 0.717) is 33.1 Å². The zero-order valence-electron chi connectivity index (χ0n) is 17.8. The summed E-state index contributed by atoms with van der Waals surface area (Å²) in [5, 5.41) is 13.0. The van der Waals surface area contributed by atoms with E-state index in [2.05, 4.69) is 58.2 Å². The molecule has 0 aliphatic carbocycles. The molecule has 0 fully saturated rings. The first-order valence-electron chi connectivity index (χ1n) is 9.78. The normalized spacial score (nSPS) is 12.2. The first-order chi connectivity index (χ1) is 14.8. The Hall–Kier alpha value is -2.13. The molecule has 2 heterocycles. The van der Waals surface area contributed by atoms with Crippen LogP contribution in [0.4, 0.5) is 5.82 Å². The highest BCUT2D eigenvalue weighted by molar-refractivity contribution is 7.99. The second-order valence-corrected chi connectivity index (χ2v) is 9.17. The molecule has 31 heavy (non-hydrogen) atoms. The zero-order chi connectivity index (χ0) is 22.5. The third-order valence-corrected chi connectivity index (χ3v) is 6.79. The fraction of sp³-hybridized carbons (Fsp3) is 0.333. The lowest BCUT2D eigenvalue weighted by Crippen LogP contribution is -3.05. The fourth-order valence-electron chi connectivity index (χ4n) is 2.84. The van der Waals surface area contributed by atoms with Crippen molar-refractivity contribution >= 4 is 46.7 Å². The molecule has 0 aliphatic rings. The van der Waals surface area contributed by atoms with E-state index in [1.807, 2.05) is 18.2 Å². The number of aromatic nitrogens is 4. The van der Waals surface area contributed by atoms with Gasteiger partial charge in [0.25, 0.3) is 0 Å². The van der Waals surface area contributed by atoms with Gasteiger partial charge >= 0.3 is 0 Å². The number of hydrogen-bond donors (Lipinski definition) is 2. The molecule has 3 aromatic rings. The van der Waals surface area contributed by atoms with Crippen molar-refractivity contribution in [2.45, 2.75) is 31.6 Å². The molecule has 0 radical (unpaired) electrons. The van der Waals surface area contributed by atoms with Crippen LogP contribution >= 0.6 is 35.0 Å². The molecule has 7 nitrogen and oxygen atoms in total. The van der Waals surface area contributed by atoms with Crippen LogP contribution in [0.2, 0.25) is 10.0 Å². The summed E-state index contributed by atoms with van der Waals surface area (Å²) in [7, 11) is 4.16. The monoisotopic (exact) mass is 479 g/mol. The maximum absolute atomic E-state index is 12.5. The number of amides is 1. The van der Waals surface area contributed by atoms with Crippen molar-refractivity contribution in [3.05, 3.63) is 63.5 Å². The lowest BCUT2D eigenvalue weighted by atomic mass is 10.2. The summed E-state index contributed by atoms with van der Waals surface area (Å²) in [5.41, 5.74) is 1.82. The minimum absolute atomic E-state index is 0.149. The van der Waals surface area contributed by atoms with Gasteiger partial charge in [-0.1, -0.05) is 65.3 Å². The summed E-state index contributed by atoms with van der Waals surface area (Å²) in [5.74, 6) is 1.09. The number of quaternary nitrogens is 1. The molecule has 1 atom stereocenters. The molecule has 1 aromatic carbocycles. The third-order valence-electron chi connectivity index (χ3n) is 4.97. The Bertz CT molecular complexity index is 1060. The minimum Gasteiger partial charge on any atom is -0.331 e. The molecule has 2 aromatic heterocycles. The number of rotatable bonds is 8. The number of nitrogens with one attached hydrogen (secondary N) is 2. The van der Waals surface area contributed by atoms with Crippen molar-refractivity contribution < 1.29 is 9.69 Å². The molecule has 10 heteroatoms. The maximum atomic E-state index is 12.5. The van der Waals surface area contributed by atoms with E-state index >= 15 is 0 Å². The van der Waals surface area contributed by atoms with Crippen molar-refractivity contribution in [2.75, 3.05) is 25.2 Å². The van der Waals surface area contributed by atoms with E-state index in [0.717, 1.165) is 11.4 Å². The SMILES string of the molecule is Cc1c(Cl)cnc(NC(=O)CSc2nnc([C@@H](C)[NH+](C)C)n2Cc2ccccc2)c1Cl. The van der Waals surface area contributed by atoms with Gasteiger partial charge in [-0.05, 0) is 25.0 Å². The Kier molecular flexibility index (Phi) is 7.94. The Balaban J connectivity index is 1.76. The van der Waals surface area contributed by atoms with Crippen LogP contribution in [0, 0.1) is 6.92 Å². The molecule has 2 N–H and O–H groups in total. The number of carbonyl (C=O) groups is 1. The first kappa shape index (κ1) is 23.5. The maximum Gasteiger partial charge on any atom is 0.236 e. The quantitative estimate of drug-likeness (QED) is 0.484. The lowest BCUT2D eigenvalue weighted by Gasteiger charge is -2.18. The Labute approximate surface area is 196 Å². The molecule has 0 bridgehead atoms. The number of hydrogen-bond acceptors (Lipinski definition) is 5. The van der Waals surface area contributed by atoms with Crippen LogP contribution in [0.1, 0.15) is 29.9 Å². The lowest BCUT2D eigenvalue weighted by molar-refractivity contribution is -0.890. The van der Waals surface area contributed by atoms with Gasteiger partial charge in [0, 0.05) is 6.20 Å². The number of nitrogens with zero attached hydrogens (tertiary/aromatic N) is 4. The van der Waals surface area contributed by atoms with Gasteiger partial charge < -0.3 is 10.2 Å². The molecule has 0 aliphatic heterocycles. The van der Waals surface area contributed by atoms with Crippen LogP contribution < -0.4 is 10.2 Å². The van der Waals surface area contributed by atoms with E-state index < -0.39 is 0 Å². The van der Waals surface area contributed by atoms with E-state index in [-0.39, 0.29) is 17.7 Å². The fourth-order valence-corrected chi connectivity index (χ4v) is 3.98. The summed E-state index contributed by atoms with van der Waals surface area (Å²) >= 11 is 13.6. The Morgan fingerprint density at radius 3 is 2.61 bits per heavy atom. The number of carbonyl (C=O) groups excluding carboxylic acids is 1. The molecular formula is C21H25Cl2N6OS+. The molecule has 0 saturated heterocycles. The van der Waals surface area contributed by atoms with Gasteiger partial charge in [-0.15, -0.1) is 10.2 Å². The van der Waals surface area contributed by atoms with Gasteiger partial charge in [-0.2, -0.15) is 0 Å². The van der Waals surface area contributed by atoms with Gasteiger partial charge in [-0.25, -0.2) is 4.98 Å². The van der Waals surface area contributed by atoms with Gasteiger partial charge in [0.05, 0.1) is 36.4 Å². The van der Waals surface area contributed by atoms with Crippen molar-refractivity contribution in [2.24, 2.45) is 0 Å². The van der Waals surface area contributed by atoms with Crippen LogP contribution in [-0.4, -0.2) is 45.5 Å². The number of anilines is 1. The molecule has 0 unspecified atom stereocenters. The van der Waals surface area contributed by atoms with Gasteiger partial charge in [0.15, 0.2) is 16.8 Å². The minimum atomic E-state index is -0.233. The summed E-state index contributed by atoms with van der Waals surface area (Å²) in [6.07, 6.45) is 1.47. The second kappa shape index (κ2) is 10.5. The number of thioether (sulfide) groups is 1. The molecular weight excluding hydrogens is 455 g/mol. The number of halogens is 2. The topological polar surface area (TPSA) is 77.1 Å². The van der Waals surface area contributed by atoms with Crippen LogP contribution in [0.3, 0.4) is 0 Å². The highest BCUT2D eigenvalue weighted by Crippen LogP contribution is 2.29. The van der Waals surface area contributed by atoms with Crippen LogP contribution in [0.15, 0.2) is 41.7 Å². The predicted octanol–water partition coefficient (Wildman–Crippen LogP) is 3.27. The first-order valence-corrected chi connectivity index (χ1v) is 11.5. The highest BCUT2D eigenvalue weighted by atomic mass is 35.5. The number of benzene rings is 1. The molecule has 3 rings (SSSR count). The van der Waals surface area contributed by atoms with Crippen molar-refractivity contribution in [1.29, 1.82) is 0 Å². The van der Waals surface area contributed by atoms with Crippen molar-refractivity contribution in [3.63, 3.8) is 0 Å². The number of pyridine rings is 1. The molecule has 0 saturated carbocycles. The van der Waals surface area contributed by atoms with Crippen molar-refractivity contribution in [1.82, 2.24) is 19.7 Å². The standard InChI is InChI=1S/C21H24Cl2N6OS/c1-13-16(22)10-24-19(18(13)23)25-17(30)12-31-21-27-26-20(14(2)28(3)4)29(21)11-15-8-6-5-7-9-15/h5-10,14H,11-12H2,1-4H3,(H,24,25,30)/p+1/t14-/m1/s1. The zero-order valence-corrected chi connectivity index (χ0v) is 20.1. The van der Waals surface area contributed by atoms with Crippen LogP contribution in [0.5, 0.6) is 0 Å². The summed E-state index contributed by atoms with van der Waals surface area (Å²) < 4.78 is 2.07. The Morgan fingerprint density at radius 1 is 1.23 bits per heavy atom. The van der Waals surface area contributed by atoms with Gasteiger partial charge in [0.1, 0.15) is 6.04 Å². The van der Waals surface area contributed by atoms with Crippen molar-refractivity contribution in [3.8, 4) is 0 Å². The van der Waals surface area contributed by atoms with E-state index in [1.54, 1.807) is 6.92 Å². The Morgan fingerprint density at radius 2 is 1.94 bits per heavy atom. The van der Waals surface area contributed by atoms with Gasteiger partial charge in [-0.3, -0.25) is 9.36 Å². The molecule has 0 spiro atoms. The predicted molar refractivity (Wildman–Crippen MR) is 125 cm³/mol. The van der Waals surface area contributed by atoms with E-state index in [9.17, 15) is 4.79 Å². The molecule has 164 valence electrons. The average Bonchev–Trinajstić information content (AvgIpc) is 3.15. The summed E-state index contributed by atoms with van der Waals surface area (Å²) in [4.78, 5) is 17.9. The average molecular weight is 480 g/mol. The van der Waals surface area contributed by atoms with Crippen LogP contribution in [0.25, 0.3) is 0 Å². The van der Waals surface area contributed by atoms with E-state index in [1.165, 1.54) is 22.9 Å². The summed E-state index contributed by atoms with van der Waals surface area (Å²) in [6.45, 7) is 4.52. The second-order valence-electron chi connectivity index (χ2n) is 7.44. The third kappa shape index (κ3) is 5.77. The molecule has 1 amide bonds. The summed E-state index contributed by atoms with van der Waals surface area (Å²) in [6, 6.07) is 10.3. The highest BCUT2D eigenvalue weighted by Gasteiger charge is 2.23. The smallest absolute Gasteiger partial charge is 0.236 e. The van der Waals surface area contributed by atoms with Crippen LogP contribution in [-0.2, 0) is 11.3 Å². The van der Waals surface area contributed by atoms with Gasteiger partial charge in [0.2, 0.25) is 5.91 Å². The largest absolute Gasteiger partial charge is 0.331 e. The van der Waals surface area contributed by atoms with E-state index in [4.69, 9.17) is 23.2 Å².